The molecule has 0 heterocycles. The topological polar surface area (TPSA) is 58.6 Å². The van der Waals surface area contributed by atoms with E-state index in [4.69, 9.17) is 9.84 Å². The predicted octanol–water partition coefficient (Wildman–Crippen LogP) is 0.690. The first-order valence-corrected chi connectivity index (χ1v) is 5.71. The van der Waals surface area contributed by atoms with Gasteiger partial charge in [-0.05, 0) is 19.3 Å². The quantitative estimate of drug-likeness (QED) is 0.663. The molecule has 4 nitrogen and oxygen atoms in total. The van der Waals surface area contributed by atoms with Gasteiger partial charge in [0.25, 0.3) is 0 Å². The van der Waals surface area contributed by atoms with Gasteiger partial charge >= 0.3 is 0 Å². The van der Waals surface area contributed by atoms with E-state index in [0.29, 0.717) is 13.0 Å². The van der Waals surface area contributed by atoms with E-state index in [2.05, 4.69) is 5.32 Å². The van der Waals surface area contributed by atoms with Crippen LogP contribution in [0, 0.1) is 5.92 Å². The van der Waals surface area contributed by atoms with E-state index in [1.54, 1.807) is 7.11 Å². The van der Waals surface area contributed by atoms with E-state index in [1.165, 1.54) is 0 Å². The van der Waals surface area contributed by atoms with Gasteiger partial charge in [-0.1, -0.05) is 12.8 Å². The summed E-state index contributed by atoms with van der Waals surface area (Å²) < 4.78 is 5.32. The van der Waals surface area contributed by atoms with Gasteiger partial charge in [-0.25, -0.2) is 0 Å². The molecule has 0 aromatic rings. The van der Waals surface area contributed by atoms with Crippen molar-refractivity contribution in [1.29, 1.82) is 0 Å². The molecule has 4 heteroatoms. The standard InChI is InChI=1S/C11H21NO3/c1-15-10-6-3-2-5-9(10)11(14)12-7-4-8-13/h9-10,13H,2-8H2,1H3,(H,12,14). The fourth-order valence-corrected chi connectivity index (χ4v) is 2.10. The number of carbonyl (C=O) groups excluding carboxylic acids is 1. The minimum atomic E-state index is 0.00226. The van der Waals surface area contributed by atoms with Gasteiger partial charge in [0.15, 0.2) is 0 Å². The van der Waals surface area contributed by atoms with Gasteiger partial charge < -0.3 is 15.2 Å². The number of aliphatic hydroxyl groups is 1. The molecule has 0 saturated heterocycles. The van der Waals surface area contributed by atoms with Gasteiger partial charge in [0.1, 0.15) is 0 Å². The first-order valence-electron chi connectivity index (χ1n) is 5.71. The summed E-state index contributed by atoms with van der Waals surface area (Å²) >= 11 is 0. The summed E-state index contributed by atoms with van der Waals surface area (Å²) in [6, 6.07) is 0. The molecule has 2 atom stereocenters. The lowest BCUT2D eigenvalue weighted by molar-refractivity contribution is -0.131. The van der Waals surface area contributed by atoms with Crippen LogP contribution in [-0.4, -0.2) is 37.4 Å². The lowest BCUT2D eigenvalue weighted by atomic mass is 9.86. The summed E-state index contributed by atoms with van der Waals surface area (Å²) in [7, 11) is 1.67. The normalized spacial score (nSPS) is 26.3. The number of rotatable bonds is 5. The maximum absolute atomic E-state index is 11.8. The first-order chi connectivity index (χ1) is 7.29. The Kier molecular flexibility index (Phi) is 5.65. The molecule has 0 aromatic carbocycles. The van der Waals surface area contributed by atoms with Gasteiger partial charge in [-0.3, -0.25) is 4.79 Å². The van der Waals surface area contributed by atoms with Crippen LogP contribution in [0.2, 0.25) is 0 Å². The third-order valence-corrected chi connectivity index (χ3v) is 2.98. The molecule has 2 unspecified atom stereocenters. The highest BCUT2D eigenvalue weighted by molar-refractivity contribution is 5.79. The lowest BCUT2D eigenvalue weighted by Gasteiger charge is -2.29. The summed E-state index contributed by atoms with van der Waals surface area (Å²) in [4.78, 5) is 11.8. The fraction of sp³-hybridized carbons (Fsp3) is 0.909. The Morgan fingerprint density at radius 2 is 2.20 bits per heavy atom. The van der Waals surface area contributed by atoms with E-state index in [9.17, 15) is 4.79 Å². The molecular weight excluding hydrogens is 194 g/mol. The summed E-state index contributed by atoms with van der Waals surface area (Å²) in [6.07, 6.45) is 4.86. The molecule has 0 spiro atoms. The van der Waals surface area contributed by atoms with Crippen molar-refractivity contribution in [2.75, 3.05) is 20.3 Å². The molecule has 0 aromatic heterocycles. The number of carbonyl (C=O) groups is 1. The number of hydrogen-bond acceptors (Lipinski definition) is 3. The maximum atomic E-state index is 11.8. The van der Waals surface area contributed by atoms with Gasteiger partial charge in [0.2, 0.25) is 5.91 Å². The van der Waals surface area contributed by atoms with E-state index >= 15 is 0 Å². The Morgan fingerprint density at radius 3 is 2.87 bits per heavy atom. The van der Waals surface area contributed by atoms with Crippen LogP contribution in [0.4, 0.5) is 0 Å². The van der Waals surface area contributed by atoms with Crippen LogP contribution in [0.15, 0.2) is 0 Å². The zero-order chi connectivity index (χ0) is 11.1. The zero-order valence-corrected chi connectivity index (χ0v) is 9.37. The fourth-order valence-electron chi connectivity index (χ4n) is 2.10. The Morgan fingerprint density at radius 1 is 1.47 bits per heavy atom. The molecule has 1 aliphatic rings. The second-order valence-electron chi connectivity index (χ2n) is 4.03. The summed E-state index contributed by atoms with van der Waals surface area (Å²) in [5, 5.41) is 11.5. The number of amides is 1. The largest absolute Gasteiger partial charge is 0.396 e. The van der Waals surface area contributed by atoms with Crippen LogP contribution in [0.3, 0.4) is 0 Å². The van der Waals surface area contributed by atoms with E-state index in [1.807, 2.05) is 0 Å². The van der Waals surface area contributed by atoms with Crippen molar-refractivity contribution in [2.45, 2.75) is 38.2 Å². The molecule has 88 valence electrons. The number of ether oxygens (including phenoxy) is 1. The number of methoxy groups -OCH3 is 1. The summed E-state index contributed by atoms with van der Waals surface area (Å²) in [5.41, 5.74) is 0. The number of aliphatic hydroxyl groups excluding tert-OH is 1. The van der Waals surface area contributed by atoms with Crippen LogP contribution < -0.4 is 5.32 Å². The van der Waals surface area contributed by atoms with Crippen LogP contribution in [0.1, 0.15) is 32.1 Å². The Labute approximate surface area is 91.0 Å². The molecule has 0 aliphatic heterocycles. The van der Waals surface area contributed by atoms with E-state index in [0.717, 1.165) is 25.7 Å². The molecule has 1 fully saturated rings. The minimum absolute atomic E-state index is 0.00226. The van der Waals surface area contributed by atoms with E-state index < -0.39 is 0 Å². The number of hydrogen-bond donors (Lipinski definition) is 2. The zero-order valence-electron chi connectivity index (χ0n) is 9.37. The molecule has 0 radical (unpaired) electrons. The molecular formula is C11H21NO3. The SMILES string of the molecule is COC1CCCCC1C(=O)NCCCO. The second-order valence-corrected chi connectivity index (χ2v) is 4.03. The van der Waals surface area contributed by atoms with Crippen LogP contribution in [-0.2, 0) is 9.53 Å². The van der Waals surface area contributed by atoms with Gasteiger partial charge in [0.05, 0.1) is 12.0 Å². The average molecular weight is 215 g/mol. The van der Waals surface area contributed by atoms with Crippen LogP contribution in [0.25, 0.3) is 0 Å². The minimum Gasteiger partial charge on any atom is -0.396 e. The smallest absolute Gasteiger partial charge is 0.225 e. The summed E-state index contributed by atoms with van der Waals surface area (Å²) in [5.74, 6) is 0.0810. The van der Waals surface area contributed by atoms with E-state index in [-0.39, 0.29) is 24.5 Å². The maximum Gasteiger partial charge on any atom is 0.225 e. The third-order valence-electron chi connectivity index (χ3n) is 2.98. The average Bonchev–Trinajstić information content (AvgIpc) is 2.29. The van der Waals surface area contributed by atoms with Gasteiger partial charge in [0, 0.05) is 20.3 Å². The molecule has 2 N–H and O–H groups in total. The van der Waals surface area contributed by atoms with Crippen molar-refractivity contribution in [3.05, 3.63) is 0 Å². The third kappa shape index (κ3) is 3.80. The highest BCUT2D eigenvalue weighted by Crippen LogP contribution is 2.26. The Bertz CT molecular complexity index is 196. The molecule has 0 bridgehead atoms. The molecule has 1 aliphatic carbocycles. The monoisotopic (exact) mass is 215 g/mol. The molecule has 1 rings (SSSR count). The second kappa shape index (κ2) is 6.80. The number of nitrogens with one attached hydrogen (secondary N) is 1. The van der Waals surface area contributed by atoms with Crippen molar-refractivity contribution in [3.63, 3.8) is 0 Å². The first kappa shape index (κ1) is 12.5. The predicted molar refractivity (Wildman–Crippen MR) is 57.5 cm³/mol. The molecule has 1 amide bonds. The Balaban J connectivity index is 2.34. The van der Waals surface area contributed by atoms with Crippen LogP contribution >= 0.6 is 0 Å². The van der Waals surface area contributed by atoms with Crippen molar-refractivity contribution in [1.82, 2.24) is 5.32 Å². The highest BCUT2D eigenvalue weighted by Gasteiger charge is 2.30. The highest BCUT2D eigenvalue weighted by atomic mass is 16.5. The van der Waals surface area contributed by atoms with Gasteiger partial charge in [-0.15, -0.1) is 0 Å². The summed E-state index contributed by atoms with van der Waals surface area (Å²) in [6.45, 7) is 0.681. The van der Waals surface area contributed by atoms with Crippen molar-refractivity contribution in [2.24, 2.45) is 5.92 Å². The van der Waals surface area contributed by atoms with Crippen molar-refractivity contribution >= 4 is 5.91 Å². The lowest BCUT2D eigenvalue weighted by Crippen LogP contribution is -2.40. The van der Waals surface area contributed by atoms with Crippen molar-refractivity contribution < 1.29 is 14.6 Å². The van der Waals surface area contributed by atoms with Gasteiger partial charge in [-0.2, -0.15) is 0 Å². The molecule has 1 saturated carbocycles. The Hall–Kier alpha value is -0.610. The van der Waals surface area contributed by atoms with Crippen molar-refractivity contribution in [3.8, 4) is 0 Å². The molecule has 15 heavy (non-hydrogen) atoms. The van der Waals surface area contributed by atoms with Crippen LogP contribution in [0.5, 0.6) is 0 Å².